The highest BCUT2D eigenvalue weighted by molar-refractivity contribution is 7.89. The van der Waals surface area contributed by atoms with Gasteiger partial charge in [0, 0.05) is 19.6 Å². The summed E-state index contributed by atoms with van der Waals surface area (Å²) in [4.78, 5) is 15.1. The van der Waals surface area contributed by atoms with E-state index < -0.39 is 10.0 Å². The van der Waals surface area contributed by atoms with Gasteiger partial charge in [-0.3, -0.25) is 4.79 Å². The molecule has 0 bridgehead atoms. The lowest BCUT2D eigenvalue weighted by molar-refractivity contribution is -0.124. The summed E-state index contributed by atoms with van der Waals surface area (Å²) in [5.41, 5.74) is 3.68. The quantitative estimate of drug-likeness (QED) is 0.740. The van der Waals surface area contributed by atoms with Crippen molar-refractivity contribution in [2.24, 2.45) is 11.1 Å². The number of fused-ring (bicyclic) bond motifs is 1. The van der Waals surface area contributed by atoms with Gasteiger partial charge in [0.25, 0.3) is 0 Å². The van der Waals surface area contributed by atoms with E-state index in [1.54, 1.807) is 12.1 Å². The van der Waals surface area contributed by atoms with E-state index in [9.17, 15) is 13.2 Å². The van der Waals surface area contributed by atoms with Crippen molar-refractivity contribution < 1.29 is 13.2 Å². The highest BCUT2D eigenvalue weighted by atomic mass is 32.2. The third-order valence-corrected chi connectivity index (χ3v) is 7.22. The summed E-state index contributed by atoms with van der Waals surface area (Å²) in [5, 5.41) is 8.14. The zero-order valence-corrected chi connectivity index (χ0v) is 17.9. The molecule has 2 atom stereocenters. The second-order valence-electron chi connectivity index (χ2n) is 8.44. The SMILES string of the molecule is NS(=O)(=O)c1cccc(CNC(=O)[C@H]2CCN(C[C@@H]3CCCc4ccccc43)C2)c1. The number of amides is 1. The van der Waals surface area contributed by atoms with Gasteiger partial charge in [0.15, 0.2) is 0 Å². The first kappa shape index (κ1) is 21.0. The van der Waals surface area contributed by atoms with Crippen molar-refractivity contribution in [1.29, 1.82) is 0 Å². The van der Waals surface area contributed by atoms with Crippen LogP contribution in [0, 0.1) is 5.92 Å². The van der Waals surface area contributed by atoms with Crippen LogP contribution in [0.5, 0.6) is 0 Å². The fraction of sp³-hybridized carbons (Fsp3) is 0.435. The number of nitrogens with one attached hydrogen (secondary N) is 1. The number of nitrogens with zero attached hydrogens (tertiary/aromatic N) is 1. The third-order valence-electron chi connectivity index (χ3n) is 6.31. The number of nitrogens with two attached hydrogens (primary N) is 1. The van der Waals surface area contributed by atoms with E-state index in [1.807, 2.05) is 0 Å². The number of carbonyl (C=O) groups excluding carboxylic acids is 1. The molecule has 1 heterocycles. The fourth-order valence-corrected chi connectivity index (χ4v) is 5.32. The molecule has 2 aliphatic rings. The number of primary sulfonamides is 1. The van der Waals surface area contributed by atoms with E-state index in [2.05, 4.69) is 34.5 Å². The van der Waals surface area contributed by atoms with Crippen LogP contribution >= 0.6 is 0 Å². The van der Waals surface area contributed by atoms with Crippen LogP contribution in [0.25, 0.3) is 0 Å². The molecule has 0 unspecified atom stereocenters. The van der Waals surface area contributed by atoms with Crippen LogP contribution in [0.3, 0.4) is 0 Å². The number of likely N-dealkylation sites (tertiary alicyclic amines) is 1. The van der Waals surface area contributed by atoms with Crippen LogP contribution < -0.4 is 10.5 Å². The lowest BCUT2D eigenvalue weighted by atomic mass is 9.82. The molecule has 1 fully saturated rings. The number of carbonyl (C=O) groups is 1. The maximum absolute atomic E-state index is 12.7. The first-order chi connectivity index (χ1) is 14.4. The molecule has 2 aromatic carbocycles. The van der Waals surface area contributed by atoms with E-state index in [1.165, 1.54) is 42.5 Å². The molecule has 7 heteroatoms. The Morgan fingerprint density at radius 1 is 1.13 bits per heavy atom. The molecule has 1 aliphatic heterocycles. The summed E-state index contributed by atoms with van der Waals surface area (Å²) in [7, 11) is -3.74. The Hall–Kier alpha value is -2.22. The van der Waals surface area contributed by atoms with Crippen molar-refractivity contribution in [3.8, 4) is 0 Å². The normalized spacial score (nSPS) is 21.9. The van der Waals surface area contributed by atoms with Gasteiger partial charge in [-0.25, -0.2) is 13.6 Å². The van der Waals surface area contributed by atoms with E-state index in [-0.39, 0.29) is 16.7 Å². The summed E-state index contributed by atoms with van der Waals surface area (Å²) in [6.07, 6.45) is 4.48. The molecule has 4 rings (SSSR count). The van der Waals surface area contributed by atoms with Crippen molar-refractivity contribution in [2.45, 2.75) is 43.0 Å². The lowest BCUT2D eigenvalue weighted by Crippen LogP contribution is -2.34. The molecule has 0 radical (unpaired) electrons. The Morgan fingerprint density at radius 2 is 1.97 bits per heavy atom. The largest absolute Gasteiger partial charge is 0.352 e. The first-order valence-corrected chi connectivity index (χ1v) is 12.1. The summed E-state index contributed by atoms with van der Waals surface area (Å²) < 4.78 is 23.0. The van der Waals surface area contributed by atoms with Crippen molar-refractivity contribution in [2.75, 3.05) is 19.6 Å². The van der Waals surface area contributed by atoms with Crippen LogP contribution in [0.4, 0.5) is 0 Å². The molecule has 3 N–H and O–H groups in total. The maximum atomic E-state index is 12.7. The van der Waals surface area contributed by atoms with Crippen molar-refractivity contribution in [3.05, 3.63) is 65.2 Å². The third kappa shape index (κ3) is 4.91. The minimum absolute atomic E-state index is 0.0229. The van der Waals surface area contributed by atoms with Gasteiger partial charge in [-0.2, -0.15) is 0 Å². The van der Waals surface area contributed by atoms with Crippen LogP contribution in [0.2, 0.25) is 0 Å². The van der Waals surface area contributed by atoms with Crippen molar-refractivity contribution >= 4 is 15.9 Å². The van der Waals surface area contributed by atoms with Gasteiger partial charge in [0.05, 0.1) is 10.8 Å². The molecule has 2 aromatic rings. The molecule has 1 saturated heterocycles. The molecule has 30 heavy (non-hydrogen) atoms. The molecule has 1 aliphatic carbocycles. The topological polar surface area (TPSA) is 92.5 Å². The van der Waals surface area contributed by atoms with Crippen LogP contribution in [-0.4, -0.2) is 38.9 Å². The smallest absolute Gasteiger partial charge is 0.238 e. The summed E-state index contributed by atoms with van der Waals surface area (Å²) >= 11 is 0. The van der Waals surface area contributed by atoms with Crippen molar-refractivity contribution in [1.82, 2.24) is 10.2 Å². The monoisotopic (exact) mass is 427 g/mol. The van der Waals surface area contributed by atoms with Gasteiger partial charge in [0.2, 0.25) is 15.9 Å². The maximum Gasteiger partial charge on any atom is 0.238 e. The predicted molar refractivity (Wildman–Crippen MR) is 116 cm³/mol. The highest BCUT2D eigenvalue weighted by Gasteiger charge is 2.30. The number of rotatable bonds is 6. The Kier molecular flexibility index (Phi) is 6.22. The fourth-order valence-electron chi connectivity index (χ4n) is 4.73. The Bertz CT molecular complexity index is 1020. The number of benzene rings is 2. The summed E-state index contributed by atoms with van der Waals surface area (Å²) in [6, 6.07) is 15.1. The van der Waals surface area contributed by atoms with Crippen LogP contribution in [0.15, 0.2) is 53.4 Å². The molecule has 160 valence electrons. The van der Waals surface area contributed by atoms with E-state index in [0.29, 0.717) is 12.5 Å². The van der Waals surface area contributed by atoms with Gasteiger partial charge in [0.1, 0.15) is 0 Å². The second kappa shape index (κ2) is 8.88. The summed E-state index contributed by atoms with van der Waals surface area (Å²) in [5.74, 6) is 0.561. The molecular weight excluding hydrogens is 398 g/mol. The average molecular weight is 428 g/mol. The lowest BCUT2D eigenvalue weighted by Gasteiger charge is -2.29. The standard InChI is InChI=1S/C23H29N3O3S/c24-30(28,29)21-9-3-5-17(13-21)14-25-23(27)20-11-12-26(16-20)15-19-8-4-7-18-6-1-2-10-22(18)19/h1-3,5-6,9-10,13,19-20H,4,7-8,11-12,14-16H2,(H,25,27)(H2,24,28,29)/t19-,20-/m0/s1. The van der Waals surface area contributed by atoms with E-state index >= 15 is 0 Å². The van der Waals surface area contributed by atoms with Crippen molar-refractivity contribution in [3.63, 3.8) is 0 Å². The second-order valence-corrected chi connectivity index (χ2v) is 10.0. The van der Waals surface area contributed by atoms with Gasteiger partial charge in [-0.05, 0) is 67.0 Å². The number of sulfonamides is 1. The molecule has 1 amide bonds. The minimum atomic E-state index is -3.74. The van der Waals surface area contributed by atoms with Crippen LogP contribution in [-0.2, 0) is 27.8 Å². The summed E-state index contributed by atoms with van der Waals surface area (Å²) in [6.45, 7) is 3.03. The Balaban J connectivity index is 1.30. The van der Waals surface area contributed by atoms with Gasteiger partial charge in [-0.15, -0.1) is 0 Å². The van der Waals surface area contributed by atoms with Gasteiger partial charge >= 0.3 is 0 Å². The Labute approximate surface area is 178 Å². The minimum Gasteiger partial charge on any atom is -0.352 e. The van der Waals surface area contributed by atoms with Gasteiger partial charge in [-0.1, -0.05) is 36.4 Å². The number of hydrogen-bond donors (Lipinski definition) is 2. The number of hydrogen-bond acceptors (Lipinski definition) is 4. The van der Waals surface area contributed by atoms with E-state index in [0.717, 1.165) is 31.6 Å². The van der Waals surface area contributed by atoms with Gasteiger partial charge < -0.3 is 10.2 Å². The van der Waals surface area contributed by atoms with Crippen LogP contribution in [0.1, 0.15) is 41.9 Å². The average Bonchev–Trinajstić information content (AvgIpc) is 3.21. The molecular formula is C23H29N3O3S. The zero-order chi connectivity index (χ0) is 21.1. The Morgan fingerprint density at radius 3 is 2.80 bits per heavy atom. The molecule has 0 saturated carbocycles. The highest BCUT2D eigenvalue weighted by Crippen LogP contribution is 2.33. The molecule has 6 nitrogen and oxygen atoms in total. The van der Waals surface area contributed by atoms with E-state index in [4.69, 9.17) is 5.14 Å². The predicted octanol–water partition coefficient (Wildman–Crippen LogP) is 2.39. The molecule has 0 aromatic heterocycles. The first-order valence-electron chi connectivity index (χ1n) is 10.6. The zero-order valence-electron chi connectivity index (χ0n) is 17.1. The molecule has 0 spiro atoms. The number of aryl methyl sites for hydroxylation is 1.